The summed E-state index contributed by atoms with van der Waals surface area (Å²) in [5.41, 5.74) is 0.478. The summed E-state index contributed by atoms with van der Waals surface area (Å²) >= 11 is 0. The Morgan fingerprint density at radius 2 is 1.61 bits per heavy atom. The maximum absolute atomic E-state index is 11.8. The largest absolute Gasteiger partial charge is 0.466 e. The monoisotopic (exact) mass is 322 g/mol. The van der Waals surface area contributed by atoms with E-state index >= 15 is 0 Å². The highest BCUT2D eigenvalue weighted by Gasteiger charge is 2.14. The van der Waals surface area contributed by atoms with E-state index < -0.39 is 11.9 Å². The van der Waals surface area contributed by atoms with Crippen molar-refractivity contribution in [3.05, 3.63) is 35.9 Å². The van der Waals surface area contributed by atoms with Crippen LogP contribution in [0.5, 0.6) is 0 Å². The number of rotatable bonds is 9. The number of carbonyl (C=O) groups is 3. The lowest BCUT2D eigenvalue weighted by atomic mass is 10.1. The van der Waals surface area contributed by atoms with Gasteiger partial charge in [0.1, 0.15) is 6.10 Å². The molecule has 0 aliphatic rings. The quantitative estimate of drug-likeness (QED) is 0.395. The van der Waals surface area contributed by atoms with E-state index in [2.05, 4.69) is 0 Å². The van der Waals surface area contributed by atoms with Gasteiger partial charge in [-0.2, -0.15) is 0 Å². The Morgan fingerprint density at radius 1 is 0.913 bits per heavy atom. The van der Waals surface area contributed by atoms with E-state index in [1.807, 2.05) is 6.07 Å². The predicted octanol–water partition coefficient (Wildman–Crippen LogP) is 2.51. The van der Waals surface area contributed by atoms with Gasteiger partial charge in [0.25, 0.3) is 0 Å². The fourth-order valence-electron chi connectivity index (χ4n) is 1.96. The van der Waals surface area contributed by atoms with E-state index in [1.54, 1.807) is 24.3 Å². The second kappa shape index (κ2) is 10.4. The third-order valence-electron chi connectivity index (χ3n) is 2.99. The smallest absolute Gasteiger partial charge is 0.338 e. The number of ether oxygens (including phenoxy) is 3. The molecule has 0 heterocycles. The molecule has 0 radical (unpaired) electrons. The van der Waals surface area contributed by atoms with Crippen LogP contribution in [0.4, 0.5) is 0 Å². The Morgan fingerprint density at radius 3 is 2.22 bits per heavy atom. The first kappa shape index (κ1) is 18.7. The average molecular weight is 322 g/mol. The summed E-state index contributed by atoms with van der Waals surface area (Å²) in [6.07, 6.45) is 1.14. The minimum atomic E-state index is -0.410. The van der Waals surface area contributed by atoms with E-state index in [4.69, 9.17) is 14.2 Å². The van der Waals surface area contributed by atoms with Gasteiger partial charge in [-0.15, -0.1) is 0 Å². The molecule has 126 valence electrons. The average Bonchev–Trinajstić information content (AvgIpc) is 2.51. The van der Waals surface area contributed by atoms with Crippen molar-refractivity contribution >= 4 is 17.9 Å². The minimum Gasteiger partial charge on any atom is -0.466 e. The standard InChI is InChI=1S/C17H22O6/c1-13(18)21-11-6-9-16(23-14(2)19)10-12-22-17(20)15-7-4-3-5-8-15/h3-5,7-8,16H,6,9-12H2,1-2H3/t16-/m1/s1. The van der Waals surface area contributed by atoms with Crippen LogP contribution in [0.15, 0.2) is 30.3 Å². The fraction of sp³-hybridized carbons (Fsp3) is 0.471. The third-order valence-corrected chi connectivity index (χ3v) is 2.99. The summed E-state index contributed by atoms with van der Waals surface area (Å²) in [5, 5.41) is 0. The van der Waals surface area contributed by atoms with E-state index in [1.165, 1.54) is 13.8 Å². The van der Waals surface area contributed by atoms with Gasteiger partial charge in [0.2, 0.25) is 0 Å². The normalized spacial score (nSPS) is 11.4. The maximum atomic E-state index is 11.8. The van der Waals surface area contributed by atoms with Gasteiger partial charge in [-0.25, -0.2) is 4.79 Å². The van der Waals surface area contributed by atoms with Gasteiger partial charge >= 0.3 is 17.9 Å². The Hall–Kier alpha value is -2.37. The number of hydrogen-bond acceptors (Lipinski definition) is 6. The number of hydrogen-bond donors (Lipinski definition) is 0. The molecule has 0 spiro atoms. The fourth-order valence-corrected chi connectivity index (χ4v) is 1.96. The summed E-state index contributed by atoms with van der Waals surface area (Å²) in [4.78, 5) is 33.6. The van der Waals surface area contributed by atoms with Gasteiger partial charge in [0.15, 0.2) is 0 Å². The van der Waals surface area contributed by atoms with Crippen molar-refractivity contribution in [1.29, 1.82) is 0 Å². The number of esters is 3. The topological polar surface area (TPSA) is 78.9 Å². The van der Waals surface area contributed by atoms with Crippen LogP contribution in [-0.2, 0) is 23.8 Å². The van der Waals surface area contributed by atoms with Gasteiger partial charge in [-0.05, 0) is 25.0 Å². The zero-order chi connectivity index (χ0) is 17.1. The molecule has 0 fully saturated rings. The first-order valence-electron chi connectivity index (χ1n) is 7.51. The molecule has 0 saturated heterocycles. The molecule has 0 saturated carbocycles. The SMILES string of the molecule is CC(=O)OCCC[C@H](CCOC(=O)c1ccccc1)OC(C)=O. The molecule has 1 rings (SSSR count). The molecule has 1 atom stereocenters. The molecule has 0 aliphatic heterocycles. The van der Waals surface area contributed by atoms with Crippen molar-refractivity contribution < 1.29 is 28.6 Å². The summed E-state index contributed by atoms with van der Waals surface area (Å²) in [6.45, 7) is 3.10. The molecule has 0 amide bonds. The van der Waals surface area contributed by atoms with Gasteiger partial charge in [-0.1, -0.05) is 18.2 Å². The highest BCUT2D eigenvalue weighted by molar-refractivity contribution is 5.89. The Kier molecular flexibility index (Phi) is 8.42. The van der Waals surface area contributed by atoms with Crippen LogP contribution in [0, 0.1) is 0 Å². The zero-order valence-electron chi connectivity index (χ0n) is 13.4. The van der Waals surface area contributed by atoms with Crippen molar-refractivity contribution in [2.45, 2.75) is 39.2 Å². The van der Waals surface area contributed by atoms with Crippen molar-refractivity contribution in [3.8, 4) is 0 Å². The van der Waals surface area contributed by atoms with Crippen LogP contribution >= 0.6 is 0 Å². The van der Waals surface area contributed by atoms with Crippen molar-refractivity contribution in [1.82, 2.24) is 0 Å². The van der Waals surface area contributed by atoms with Gasteiger partial charge in [-0.3, -0.25) is 9.59 Å². The molecule has 6 nitrogen and oxygen atoms in total. The van der Waals surface area contributed by atoms with E-state index in [0.29, 0.717) is 24.8 Å². The lowest BCUT2D eigenvalue weighted by Gasteiger charge is -2.17. The van der Waals surface area contributed by atoms with Crippen molar-refractivity contribution in [3.63, 3.8) is 0 Å². The summed E-state index contributed by atoms with van der Waals surface area (Å²) < 4.78 is 15.2. The summed E-state index contributed by atoms with van der Waals surface area (Å²) in [5.74, 6) is -1.14. The molecule has 0 N–H and O–H groups in total. The van der Waals surface area contributed by atoms with Gasteiger partial charge in [0, 0.05) is 20.3 Å². The molecular formula is C17H22O6. The second-order valence-electron chi connectivity index (χ2n) is 5.00. The van der Waals surface area contributed by atoms with Crippen LogP contribution in [0.2, 0.25) is 0 Å². The van der Waals surface area contributed by atoms with Crippen LogP contribution in [0.1, 0.15) is 43.5 Å². The molecular weight excluding hydrogens is 300 g/mol. The molecule has 0 unspecified atom stereocenters. The molecule has 0 bridgehead atoms. The summed E-state index contributed by atoms with van der Waals surface area (Å²) in [7, 11) is 0. The first-order chi connectivity index (χ1) is 11.0. The highest BCUT2D eigenvalue weighted by Crippen LogP contribution is 2.10. The highest BCUT2D eigenvalue weighted by atomic mass is 16.6. The van der Waals surface area contributed by atoms with Crippen molar-refractivity contribution in [2.75, 3.05) is 13.2 Å². The molecule has 0 aromatic heterocycles. The predicted molar refractivity (Wildman–Crippen MR) is 82.8 cm³/mol. The Balaban J connectivity index is 2.34. The van der Waals surface area contributed by atoms with E-state index in [9.17, 15) is 14.4 Å². The molecule has 23 heavy (non-hydrogen) atoms. The minimum absolute atomic E-state index is 0.152. The van der Waals surface area contributed by atoms with E-state index in [0.717, 1.165) is 0 Å². The van der Waals surface area contributed by atoms with Crippen LogP contribution in [0.3, 0.4) is 0 Å². The van der Waals surface area contributed by atoms with Crippen LogP contribution in [-0.4, -0.2) is 37.2 Å². The summed E-state index contributed by atoms with van der Waals surface area (Å²) in [6, 6.07) is 8.67. The lowest BCUT2D eigenvalue weighted by Crippen LogP contribution is -2.20. The Bertz CT molecular complexity index is 511. The maximum Gasteiger partial charge on any atom is 0.338 e. The number of carbonyl (C=O) groups excluding carboxylic acids is 3. The molecule has 6 heteroatoms. The van der Waals surface area contributed by atoms with Crippen LogP contribution < -0.4 is 0 Å². The molecule has 1 aromatic rings. The second-order valence-corrected chi connectivity index (χ2v) is 5.00. The Labute approximate surface area is 135 Å². The van der Waals surface area contributed by atoms with Gasteiger partial charge < -0.3 is 14.2 Å². The third kappa shape index (κ3) is 8.60. The van der Waals surface area contributed by atoms with Gasteiger partial charge in [0.05, 0.1) is 18.8 Å². The molecule has 1 aromatic carbocycles. The molecule has 0 aliphatic carbocycles. The first-order valence-corrected chi connectivity index (χ1v) is 7.51. The number of benzene rings is 1. The van der Waals surface area contributed by atoms with Crippen LogP contribution in [0.25, 0.3) is 0 Å². The van der Waals surface area contributed by atoms with E-state index in [-0.39, 0.29) is 25.3 Å². The zero-order valence-corrected chi connectivity index (χ0v) is 13.4. The van der Waals surface area contributed by atoms with Crippen molar-refractivity contribution in [2.24, 2.45) is 0 Å². The lowest BCUT2D eigenvalue weighted by molar-refractivity contribution is -0.148.